The predicted molar refractivity (Wildman–Crippen MR) is 89.4 cm³/mol. The second-order valence-corrected chi connectivity index (χ2v) is 6.13. The van der Waals surface area contributed by atoms with Gasteiger partial charge in [-0.3, -0.25) is 0 Å². The summed E-state index contributed by atoms with van der Waals surface area (Å²) in [6, 6.07) is 15.3. The molecule has 0 fully saturated rings. The summed E-state index contributed by atoms with van der Waals surface area (Å²) in [6.45, 7) is 0. The smallest absolute Gasteiger partial charge is 0.226 e. The first-order chi connectivity index (χ1) is 10.7. The molecule has 0 saturated heterocycles. The maximum Gasteiger partial charge on any atom is 0.226 e. The van der Waals surface area contributed by atoms with Crippen LogP contribution in [0, 0.1) is 0 Å². The van der Waals surface area contributed by atoms with Crippen molar-refractivity contribution in [2.45, 2.75) is 0 Å². The van der Waals surface area contributed by atoms with Crippen LogP contribution in [0.15, 0.2) is 48.5 Å². The topological polar surface area (TPSA) is 69.6 Å². The number of benzene rings is 2. The van der Waals surface area contributed by atoms with Gasteiger partial charge in [-0.2, -0.15) is 9.67 Å². The van der Waals surface area contributed by atoms with Gasteiger partial charge in [0.2, 0.25) is 11.1 Å². The Balaban J connectivity index is 1.83. The van der Waals surface area contributed by atoms with Gasteiger partial charge in [0.1, 0.15) is 0 Å². The number of hydrogen-bond donors (Lipinski definition) is 1. The summed E-state index contributed by atoms with van der Waals surface area (Å²) in [5.41, 5.74) is 7.73. The Bertz CT molecular complexity index is 942. The Morgan fingerprint density at radius 3 is 2.73 bits per heavy atom. The molecule has 108 valence electrons. The number of fused-ring (bicyclic) bond motifs is 1. The third-order valence-electron chi connectivity index (χ3n) is 3.18. The summed E-state index contributed by atoms with van der Waals surface area (Å²) in [6.07, 6.45) is 0. The molecule has 0 atom stereocenters. The molecule has 0 unspecified atom stereocenters. The molecule has 0 bridgehead atoms. The average molecular weight is 328 g/mol. The molecule has 0 spiro atoms. The summed E-state index contributed by atoms with van der Waals surface area (Å²) < 4.78 is 2.64. The highest BCUT2D eigenvalue weighted by Crippen LogP contribution is 2.27. The predicted octanol–water partition coefficient (Wildman–Crippen LogP) is 3.78. The lowest BCUT2D eigenvalue weighted by atomic mass is 10.2. The molecular formula is C15H10ClN5S. The molecule has 2 N–H and O–H groups in total. The third kappa shape index (κ3) is 2.22. The van der Waals surface area contributed by atoms with Gasteiger partial charge in [0.15, 0.2) is 5.82 Å². The van der Waals surface area contributed by atoms with Gasteiger partial charge >= 0.3 is 0 Å². The fourth-order valence-corrected chi connectivity index (χ4v) is 3.28. The summed E-state index contributed by atoms with van der Waals surface area (Å²) in [7, 11) is 0. The largest absolute Gasteiger partial charge is 0.368 e. The lowest BCUT2D eigenvalue weighted by Crippen LogP contribution is -2.01. The van der Waals surface area contributed by atoms with Gasteiger partial charge in [-0.05, 0) is 24.3 Å². The van der Waals surface area contributed by atoms with E-state index in [0.717, 1.165) is 15.8 Å². The van der Waals surface area contributed by atoms with Gasteiger partial charge in [0, 0.05) is 10.6 Å². The van der Waals surface area contributed by atoms with Crippen molar-refractivity contribution in [1.29, 1.82) is 0 Å². The number of aromatic nitrogens is 4. The third-order valence-corrected chi connectivity index (χ3v) is 4.43. The second kappa shape index (κ2) is 5.08. The molecule has 4 rings (SSSR count). The fourth-order valence-electron chi connectivity index (χ4n) is 2.17. The van der Waals surface area contributed by atoms with Crippen LogP contribution in [0.25, 0.3) is 26.7 Å². The number of nitrogens with two attached hydrogens (primary N) is 1. The van der Waals surface area contributed by atoms with E-state index >= 15 is 0 Å². The molecule has 7 heteroatoms. The molecule has 0 aliphatic heterocycles. The Hall–Kier alpha value is -2.44. The SMILES string of the molecule is Nc1nc(-c2cccc(Cl)c2)nn1-c1nc2ccccc2s1. The van der Waals surface area contributed by atoms with E-state index in [4.69, 9.17) is 17.3 Å². The van der Waals surface area contributed by atoms with E-state index in [1.165, 1.54) is 11.3 Å². The van der Waals surface area contributed by atoms with Crippen LogP contribution in [0.2, 0.25) is 5.02 Å². The Kier molecular flexibility index (Phi) is 3.06. The number of rotatable bonds is 2. The maximum absolute atomic E-state index is 6.01. The molecule has 4 aromatic rings. The fraction of sp³-hybridized carbons (Fsp3) is 0. The number of hydrogen-bond acceptors (Lipinski definition) is 5. The van der Waals surface area contributed by atoms with Crippen LogP contribution in [-0.4, -0.2) is 19.7 Å². The molecule has 22 heavy (non-hydrogen) atoms. The van der Waals surface area contributed by atoms with Gasteiger partial charge in [0.05, 0.1) is 10.2 Å². The molecule has 0 aliphatic carbocycles. The number of para-hydroxylation sites is 1. The lowest BCUT2D eigenvalue weighted by Gasteiger charge is -1.96. The average Bonchev–Trinajstić information content (AvgIpc) is 3.10. The molecule has 2 aromatic heterocycles. The van der Waals surface area contributed by atoms with E-state index in [9.17, 15) is 0 Å². The molecule has 5 nitrogen and oxygen atoms in total. The standard InChI is InChI=1S/C15H10ClN5S/c16-10-5-3-4-9(8-10)13-19-14(17)21(20-13)15-18-11-6-1-2-7-12(11)22-15/h1-8H,(H2,17,19,20). The summed E-state index contributed by atoms with van der Waals surface area (Å²) in [4.78, 5) is 8.85. The maximum atomic E-state index is 6.01. The highest BCUT2D eigenvalue weighted by Gasteiger charge is 2.14. The molecule has 2 aromatic carbocycles. The van der Waals surface area contributed by atoms with Crippen molar-refractivity contribution in [2.24, 2.45) is 0 Å². The molecule has 0 amide bonds. The molecule has 0 aliphatic rings. The van der Waals surface area contributed by atoms with Gasteiger partial charge < -0.3 is 5.73 Å². The van der Waals surface area contributed by atoms with Crippen molar-refractivity contribution >= 4 is 39.1 Å². The molecule has 0 saturated carbocycles. The van der Waals surface area contributed by atoms with Crippen LogP contribution in [0.4, 0.5) is 5.95 Å². The Morgan fingerprint density at radius 1 is 1.05 bits per heavy atom. The van der Waals surface area contributed by atoms with Gasteiger partial charge in [-0.25, -0.2) is 4.98 Å². The lowest BCUT2D eigenvalue weighted by molar-refractivity contribution is 0.886. The van der Waals surface area contributed by atoms with E-state index < -0.39 is 0 Å². The normalized spacial score (nSPS) is 11.1. The van der Waals surface area contributed by atoms with Gasteiger partial charge in [-0.1, -0.05) is 47.2 Å². The molecular weight excluding hydrogens is 318 g/mol. The van der Waals surface area contributed by atoms with Crippen LogP contribution >= 0.6 is 22.9 Å². The first-order valence-corrected chi connectivity index (χ1v) is 7.74. The quantitative estimate of drug-likeness (QED) is 0.608. The Morgan fingerprint density at radius 2 is 1.91 bits per heavy atom. The van der Waals surface area contributed by atoms with Crippen molar-refractivity contribution < 1.29 is 0 Å². The van der Waals surface area contributed by atoms with Crippen molar-refractivity contribution in [3.63, 3.8) is 0 Å². The van der Waals surface area contributed by atoms with E-state index in [0.29, 0.717) is 21.9 Å². The minimum absolute atomic E-state index is 0.300. The number of halogens is 1. The van der Waals surface area contributed by atoms with Crippen molar-refractivity contribution in [3.05, 3.63) is 53.6 Å². The number of anilines is 1. The molecule has 0 radical (unpaired) electrons. The first-order valence-electron chi connectivity index (χ1n) is 6.55. The van der Waals surface area contributed by atoms with E-state index in [-0.39, 0.29) is 0 Å². The summed E-state index contributed by atoms with van der Waals surface area (Å²) in [5.74, 6) is 0.827. The minimum atomic E-state index is 0.300. The Labute approximate surface area is 135 Å². The van der Waals surface area contributed by atoms with E-state index in [1.807, 2.05) is 36.4 Å². The van der Waals surface area contributed by atoms with Crippen molar-refractivity contribution in [2.75, 3.05) is 5.73 Å². The van der Waals surface area contributed by atoms with Gasteiger partial charge in [-0.15, -0.1) is 5.10 Å². The number of thiazole rings is 1. The number of nitrogens with zero attached hydrogens (tertiary/aromatic N) is 4. The first kappa shape index (κ1) is 13.2. The summed E-state index contributed by atoms with van der Waals surface area (Å²) in [5, 5.41) is 5.78. The zero-order valence-electron chi connectivity index (χ0n) is 11.3. The highest BCUT2D eigenvalue weighted by atomic mass is 35.5. The number of nitrogen functional groups attached to an aromatic ring is 1. The highest BCUT2D eigenvalue weighted by molar-refractivity contribution is 7.20. The van der Waals surface area contributed by atoms with Crippen molar-refractivity contribution in [1.82, 2.24) is 19.7 Å². The van der Waals surface area contributed by atoms with Crippen LogP contribution in [0.1, 0.15) is 0 Å². The van der Waals surface area contributed by atoms with E-state index in [2.05, 4.69) is 15.1 Å². The van der Waals surface area contributed by atoms with E-state index in [1.54, 1.807) is 16.8 Å². The summed E-state index contributed by atoms with van der Waals surface area (Å²) >= 11 is 7.53. The van der Waals surface area contributed by atoms with Crippen LogP contribution in [0.3, 0.4) is 0 Å². The second-order valence-electron chi connectivity index (χ2n) is 4.68. The van der Waals surface area contributed by atoms with Gasteiger partial charge in [0.25, 0.3) is 0 Å². The zero-order valence-corrected chi connectivity index (χ0v) is 12.8. The van der Waals surface area contributed by atoms with Crippen LogP contribution in [-0.2, 0) is 0 Å². The van der Waals surface area contributed by atoms with Crippen LogP contribution in [0.5, 0.6) is 0 Å². The molecule has 2 heterocycles. The zero-order chi connectivity index (χ0) is 15.1. The van der Waals surface area contributed by atoms with Crippen molar-refractivity contribution in [3.8, 4) is 16.5 Å². The minimum Gasteiger partial charge on any atom is -0.368 e. The van der Waals surface area contributed by atoms with Crippen LogP contribution < -0.4 is 5.73 Å². The monoisotopic (exact) mass is 327 g/mol.